The normalized spacial score (nSPS) is 24.4. The highest BCUT2D eigenvalue weighted by Gasteiger charge is 2.53. The maximum Gasteiger partial charge on any atom is 0.303 e. The molecule has 172 valence electrons. The summed E-state index contributed by atoms with van der Waals surface area (Å²) in [5, 5.41) is 0. The van der Waals surface area contributed by atoms with E-state index in [-0.39, 0.29) is 6.61 Å². The SMILES string of the molecule is C#Cc1ccc(OC2O[C@H](COC(C)=O)[C@@H](OC(C)=O)[C@H](OC(C)=O)[C@@H]2OC(C)=O)cc1. The molecule has 5 atom stereocenters. The average Bonchev–Trinajstić information content (AvgIpc) is 2.70. The average molecular weight is 448 g/mol. The van der Waals surface area contributed by atoms with E-state index < -0.39 is 54.6 Å². The van der Waals surface area contributed by atoms with Gasteiger partial charge in [-0.05, 0) is 24.3 Å². The second-order valence-electron chi connectivity index (χ2n) is 6.85. The molecule has 1 fully saturated rings. The highest BCUT2D eigenvalue weighted by molar-refractivity contribution is 5.68. The molecule has 0 amide bonds. The van der Waals surface area contributed by atoms with Crippen LogP contribution in [0.25, 0.3) is 0 Å². The second-order valence-corrected chi connectivity index (χ2v) is 6.85. The van der Waals surface area contributed by atoms with E-state index in [0.717, 1.165) is 20.8 Å². The third-order valence-electron chi connectivity index (χ3n) is 4.22. The molecule has 0 saturated carbocycles. The Labute approximate surface area is 185 Å². The largest absolute Gasteiger partial charge is 0.463 e. The van der Waals surface area contributed by atoms with Crippen molar-refractivity contribution in [1.82, 2.24) is 0 Å². The van der Waals surface area contributed by atoms with Gasteiger partial charge in [-0.3, -0.25) is 19.2 Å². The lowest BCUT2D eigenvalue weighted by molar-refractivity contribution is -0.288. The summed E-state index contributed by atoms with van der Waals surface area (Å²) in [5.41, 5.74) is 0.610. The topological polar surface area (TPSA) is 124 Å². The second kappa shape index (κ2) is 11.2. The van der Waals surface area contributed by atoms with Crippen molar-refractivity contribution in [3.63, 3.8) is 0 Å². The van der Waals surface area contributed by atoms with E-state index >= 15 is 0 Å². The van der Waals surface area contributed by atoms with Gasteiger partial charge in [-0.25, -0.2) is 0 Å². The van der Waals surface area contributed by atoms with Crippen molar-refractivity contribution in [3.05, 3.63) is 29.8 Å². The summed E-state index contributed by atoms with van der Waals surface area (Å²) >= 11 is 0. The summed E-state index contributed by atoms with van der Waals surface area (Å²) in [4.78, 5) is 46.6. The maximum absolute atomic E-state index is 11.8. The highest BCUT2D eigenvalue weighted by atomic mass is 16.7. The van der Waals surface area contributed by atoms with Crippen LogP contribution < -0.4 is 4.74 Å². The van der Waals surface area contributed by atoms with Gasteiger partial charge in [0.15, 0.2) is 12.2 Å². The lowest BCUT2D eigenvalue weighted by atomic mass is 9.98. The molecule has 0 spiro atoms. The molecular weight excluding hydrogens is 424 g/mol. The van der Waals surface area contributed by atoms with Crippen LogP contribution >= 0.6 is 0 Å². The van der Waals surface area contributed by atoms with Gasteiger partial charge in [-0.15, -0.1) is 6.42 Å². The number of esters is 4. The van der Waals surface area contributed by atoms with E-state index in [0.29, 0.717) is 11.3 Å². The van der Waals surface area contributed by atoms with Crippen molar-refractivity contribution in [1.29, 1.82) is 0 Å². The molecule has 0 N–H and O–H groups in total. The minimum Gasteiger partial charge on any atom is -0.463 e. The van der Waals surface area contributed by atoms with Gasteiger partial charge in [-0.2, -0.15) is 0 Å². The van der Waals surface area contributed by atoms with Gasteiger partial charge in [0, 0.05) is 33.3 Å². The predicted octanol–water partition coefficient (Wildman–Crippen LogP) is 1.13. The zero-order chi connectivity index (χ0) is 23.8. The van der Waals surface area contributed by atoms with Crippen molar-refractivity contribution in [2.75, 3.05) is 6.61 Å². The number of ether oxygens (including phenoxy) is 6. The predicted molar refractivity (Wildman–Crippen MR) is 107 cm³/mol. The van der Waals surface area contributed by atoms with Crippen molar-refractivity contribution >= 4 is 23.9 Å². The van der Waals surface area contributed by atoms with Gasteiger partial charge in [0.25, 0.3) is 0 Å². The van der Waals surface area contributed by atoms with Crippen LogP contribution in [0.2, 0.25) is 0 Å². The minimum atomic E-state index is -1.30. The number of terminal acetylenes is 1. The van der Waals surface area contributed by atoms with E-state index in [1.165, 1.54) is 6.92 Å². The summed E-state index contributed by atoms with van der Waals surface area (Å²) in [6.07, 6.45) is -0.887. The van der Waals surface area contributed by atoms with Gasteiger partial charge >= 0.3 is 23.9 Å². The number of carbonyl (C=O) groups is 4. The monoisotopic (exact) mass is 448 g/mol. The Bertz CT molecular complexity index is 885. The number of hydrogen-bond acceptors (Lipinski definition) is 10. The molecule has 1 heterocycles. The van der Waals surface area contributed by atoms with E-state index in [9.17, 15) is 19.2 Å². The van der Waals surface area contributed by atoms with Gasteiger partial charge in [0.2, 0.25) is 12.4 Å². The Balaban J connectivity index is 2.43. The zero-order valence-corrected chi connectivity index (χ0v) is 18.1. The lowest BCUT2D eigenvalue weighted by Crippen LogP contribution is -2.63. The van der Waals surface area contributed by atoms with E-state index in [1.807, 2.05) is 0 Å². The maximum atomic E-state index is 11.8. The van der Waals surface area contributed by atoms with Crippen LogP contribution in [-0.4, -0.2) is 61.2 Å². The first kappa shape index (κ1) is 24.7. The molecule has 1 saturated heterocycles. The summed E-state index contributed by atoms with van der Waals surface area (Å²) in [6, 6.07) is 6.40. The van der Waals surface area contributed by atoms with Gasteiger partial charge < -0.3 is 28.4 Å². The summed E-state index contributed by atoms with van der Waals surface area (Å²) in [7, 11) is 0. The van der Waals surface area contributed by atoms with Crippen LogP contribution in [0.15, 0.2) is 24.3 Å². The molecule has 10 heteroatoms. The molecule has 0 aliphatic carbocycles. The molecule has 32 heavy (non-hydrogen) atoms. The summed E-state index contributed by atoms with van der Waals surface area (Å²) < 4.78 is 32.6. The summed E-state index contributed by atoms with van der Waals surface area (Å²) in [5.74, 6) is 0.0150. The Morgan fingerprint density at radius 2 is 1.38 bits per heavy atom. The fraction of sp³-hybridized carbons (Fsp3) is 0.455. The van der Waals surface area contributed by atoms with E-state index in [1.54, 1.807) is 24.3 Å². The molecule has 0 bridgehead atoms. The van der Waals surface area contributed by atoms with E-state index in [2.05, 4.69) is 5.92 Å². The fourth-order valence-corrected chi connectivity index (χ4v) is 3.05. The Kier molecular flexibility index (Phi) is 8.61. The first-order valence-electron chi connectivity index (χ1n) is 9.64. The van der Waals surface area contributed by atoms with E-state index in [4.69, 9.17) is 34.8 Å². The summed E-state index contributed by atoms with van der Waals surface area (Å²) in [6.45, 7) is 4.28. The molecule has 0 aromatic heterocycles. The van der Waals surface area contributed by atoms with Crippen LogP contribution in [0.5, 0.6) is 5.75 Å². The molecule has 1 aromatic carbocycles. The lowest BCUT2D eigenvalue weighted by Gasteiger charge is -2.43. The van der Waals surface area contributed by atoms with Crippen molar-refractivity contribution in [2.45, 2.75) is 58.4 Å². The molecule has 10 nitrogen and oxygen atoms in total. The first-order valence-corrected chi connectivity index (χ1v) is 9.64. The van der Waals surface area contributed by atoms with Crippen LogP contribution in [0.1, 0.15) is 33.3 Å². The third-order valence-corrected chi connectivity index (χ3v) is 4.22. The van der Waals surface area contributed by atoms with Crippen molar-refractivity contribution in [2.24, 2.45) is 0 Å². The molecule has 1 aliphatic rings. The molecule has 1 aromatic rings. The molecular formula is C22H24O10. The van der Waals surface area contributed by atoms with Crippen molar-refractivity contribution in [3.8, 4) is 18.1 Å². The Morgan fingerprint density at radius 1 is 0.844 bits per heavy atom. The van der Waals surface area contributed by atoms with Gasteiger partial charge in [0.1, 0.15) is 18.5 Å². The number of benzene rings is 1. The molecule has 1 unspecified atom stereocenters. The quantitative estimate of drug-likeness (QED) is 0.341. The van der Waals surface area contributed by atoms with Crippen LogP contribution in [0, 0.1) is 12.3 Å². The third kappa shape index (κ3) is 6.99. The Hall–Kier alpha value is -3.58. The molecule has 1 aliphatic heterocycles. The zero-order valence-electron chi connectivity index (χ0n) is 18.1. The van der Waals surface area contributed by atoms with Crippen LogP contribution in [0.3, 0.4) is 0 Å². The number of rotatable bonds is 7. The smallest absolute Gasteiger partial charge is 0.303 e. The first-order chi connectivity index (χ1) is 15.1. The van der Waals surface area contributed by atoms with Crippen LogP contribution in [0.4, 0.5) is 0 Å². The molecule has 2 rings (SSSR count). The van der Waals surface area contributed by atoms with Crippen LogP contribution in [-0.2, 0) is 42.9 Å². The number of hydrogen-bond donors (Lipinski definition) is 0. The van der Waals surface area contributed by atoms with Gasteiger partial charge in [-0.1, -0.05) is 5.92 Å². The van der Waals surface area contributed by atoms with Gasteiger partial charge in [0.05, 0.1) is 0 Å². The highest BCUT2D eigenvalue weighted by Crippen LogP contribution is 2.31. The fourth-order valence-electron chi connectivity index (χ4n) is 3.05. The minimum absolute atomic E-state index is 0.310. The Morgan fingerprint density at radius 3 is 1.88 bits per heavy atom. The standard InChI is InChI=1S/C22H24O10/c1-6-16-7-9-17(10-8-16)31-22-21(30-15(5)26)20(29-14(4)25)19(28-13(3)24)18(32-22)11-27-12(2)23/h1,7-10,18-22H,11H2,2-5H3/t18-,19-,20+,21+,22?/m1/s1. The number of carbonyl (C=O) groups excluding carboxylic acids is 4. The van der Waals surface area contributed by atoms with Crippen molar-refractivity contribution < 1.29 is 47.6 Å². The molecule has 0 radical (unpaired) electrons.